The maximum atomic E-state index is 10.6. The van der Waals surface area contributed by atoms with Crippen molar-refractivity contribution in [2.24, 2.45) is 5.73 Å². The van der Waals surface area contributed by atoms with Crippen molar-refractivity contribution in [3.8, 4) is 5.75 Å². The van der Waals surface area contributed by atoms with Gasteiger partial charge in [0.2, 0.25) is 0 Å². The van der Waals surface area contributed by atoms with Gasteiger partial charge >= 0.3 is 0 Å². The van der Waals surface area contributed by atoms with E-state index in [1.807, 2.05) is 6.92 Å². The Hall–Kier alpha value is -1.62. The first-order valence-electron chi connectivity index (χ1n) is 5.11. The number of hydrogen-bond donors (Lipinski definition) is 1. The summed E-state index contributed by atoms with van der Waals surface area (Å²) in [6.07, 6.45) is 1.46. The van der Waals surface area contributed by atoms with E-state index < -0.39 is 4.92 Å². The highest BCUT2D eigenvalue weighted by Gasteiger charge is 2.11. The van der Waals surface area contributed by atoms with Crippen molar-refractivity contribution in [1.29, 1.82) is 0 Å². The summed E-state index contributed by atoms with van der Waals surface area (Å²) < 4.78 is 5.15. The number of nitro benzene ring substituents is 1. The highest BCUT2D eigenvalue weighted by atomic mass is 16.6. The number of nitrogens with two attached hydrogens (primary N) is 1. The van der Waals surface area contributed by atoms with Crippen LogP contribution in [0, 0.1) is 10.1 Å². The van der Waals surface area contributed by atoms with Crippen LogP contribution >= 0.6 is 0 Å². The number of hydrogen-bond acceptors (Lipinski definition) is 4. The second-order valence-electron chi connectivity index (χ2n) is 3.77. The molecule has 0 saturated carbocycles. The van der Waals surface area contributed by atoms with Gasteiger partial charge in [-0.1, -0.05) is 0 Å². The maximum absolute atomic E-state index is 10.6. The minimum Gasteiger partial charge on any atom is -0.496 e. The second kappa shape index (κ2) is 5.46. The molecule has 0 aliphatic heterocycles. The quantitative estimate of drug-likeness (QED) is 0.611. The molecule has 0 aromatic heterocycles. The van der Waals surface area contributed by atoms with Gasteiger partial charge in [0.15, 0.2) is 0 Å². The van der Waals surface area contributed by atoms with Crippen molar-refractivity contribution >= 4 is 5.69 Å². The molecule has 0 aliphatic rings. The van der Waals surface area contributed by atoms with Gasteiger partial charge in [-0.15, -0.1) is 0 Å². The molecule has 1 aromatic rings. The smallest absolute Gasteiger partial charge is 0.269 e. The SMILES string of the molecule is COc1ccc([N+](=O)[O-])cc1CCC(C)N. The molecular formula is C11H16N2O3. The summed E-state index contributed by atoms with van der Waals surface area (Å²) in [5.41, 5.74) is 6.57. The average Bonchev–Trinajstić information content (AvgIpc) is 2.25. The van der Waals surface area contributed by atoms with Gasteiger partial charge in [0.1, 0.15) is 5.75 Å². The summed E-state index contributed by atoms with van der Waals surface area (Å²) in [5.74, 6) is 0.672. The van der Waals surface area contributed by atoms with Crippen LogP contribution in [0.4, 0.5) is 5.69 Å². The summed E-state index contributed by atoms with van der Waals surface area (Å²) in [6, 6.07) is 4.67. The third kappa shape index (κ3) is 3.20. The molecule has 0 heterocycles. The molecule has 88 valence electrons. The van der Waals surface area contributed by atoms with E-state index in [2.05, 4.69) is 0 Å². The van der Waals surface area contributed by atoms with E-state index in [-0.39, 0.29) is 11.7 Å². The lowest BCUT2D eigenvalue weighted by molar-refractivity contribution is -0.384. The van der Waals surface area contributed by atoms with Crippen molar-refractivity contribution in [3.63, 3.8) is 0 Å². The van der Waals surface area contributed by atoms with Crippen LogP contribution in [0.1, 0.15) is 18.9 Å². The van der Waals surface area contributed by atoms with Crippen LogP contribution in [-0.2, 0) is 6.42 Å². The van der Waals surface area contributed by atoms with Gasteiger partial charge in [-0.3, -0.25) is 10.1 Å². The molecule has 1 aromatic carbocycles. The summed E-state index contributed by atoms with van der Waals surface area (Å²) in [6.45, 7) is 1.91. The number of non-ortho nitro benzene ring substituents is 1. The predicted molar refractivity (Wildman–Crippen MR) is 61.6 cm³/mol. The van der Waals surface area contributed by atoms with Gasteiger partial charge in [0.05, 0.1) is 12.0 Å². The Balaban J connectivity index is 2.93. The van der Waals surface area contributed by atoms with E-state index in [1.54, 1.807) is 19.2 Å². The third-order valence-corrected chi connectivity index (χ3v) is 2.34. The lowest BCUT2D eigenvalue weighted by Gasteiger charge is -2.09. The first-order valence-corrected chi connectivity index (χ1v) is 5.11. The molecular weight excluding hydrogens is 208 g/mol. The van der Waals surface area contributed by atoms with E-state index in [1.165, 1.54) is 6.07 Å². The summed E-state index contributed by atoms with van der Waals surface area (Å²) in [4.78, 5) is 10.2. The molecule has 5 heteroatoms. The van der Waals surface area contributed by atoms with Crippen LogP contribution in [-0.4, -0.2) is 18.1 Å². The number of benzene rings is 1. The number of rotatable bonds is 5. The predicted octanol–water partition coefficient (Wildman–Crippen LogP) is 1.88. The largest absolute Gasteiger partial charge is 0.496 e. The lowest BCUT2D eigenvalue weighted by Crippen LogP contribution is -2.15. The standard InChI is InChI=1S/C11H16N2O3/c1-8(12)3-4-9-7-10(13(14)15)5-6-11(9)16-2/h5-8H,3-4,12H2,1-2H3. The Morgan fingerprint density at radius 3 is 2.75 bits per heavy atom. The third-order valence-electron chi connectivity index (χ3n) is 2.34. The van der Waals surface area contributed by atoms with Gasteiger partial charge in [0.25, 0.3) is 5.69 Å². The highest BCUT2D eigenvalue weighted by Crippen LogP contribution is 2.25. The minimum atomic E-state index is -0.408. The zero-order valence-corrected chi connectivity index (χ0v) is 9.47. The number of methoxy groups -OCH3 is 1. The van der Waals surface area contributed by atoms with Gasteiger partial charge in [-0.05, 0) is 25.8 Å². The molecule has 0 saturated heterocycles. The number of aryl methyl sites for hydroxylation is 1. The second-order valence-corrected chi connectivity index (χ2v) is 3.77. The molecule has 0 aliphatic carbocycles. The first-order chi connectivity index (χ1) is 7.54. The molecule has 0 bridgehead atoms. The van der Waals surface area contributed by atoms with E-state index in [0.717, 1.165) is 12.0 Å². The molecule has 0 fully saturated rings. The van der Waals surface area contributed by atoms with E-state index in [4.69, 9.17) is 10.5 Å². The van der Waals surface area contributed by atoms with E-state index in [9.17, 15) is 10.1 Å². The molecule has 1 atom stereocenters. The Labute approximate surface area is 94.4 Å². The zero-order chi connectivity index (χ0) is 12.1. The van der Waals surface area contributed by atoms with Gasteiger partial charge in [-0.2, -0.15) is 0 Å². The van der Waals surface area contributed by atoms with Crippen LogP contribution in [0.15, 0.2) is 18.2 Å². The Morgan fingerprint density at radius 2 is 2.25 bits per heavy atom. The molecule has 16 heavy (non-hydrogen) atoms. The molecule has 1 rings (SSSR count). The number of nitrogens with zero attached hydrogens (tertiary/aromatic N) is 1. The first kappa shape index (κ1) is 12.4. The van der Waals surface area contributed by atoms with Gasteiger partial charge in [0, 0.05) is 23.7 Å². The maximum Gasteiger partial charge on any atom is 0.269 e. The van der Waals surface area contributed by atoms with Crippen molar-refractivity contribution in [1.82, 2.24) is 0 Å². The van der Waals surface area contributed by atoms with Crippen LogP contribution < -0.4 is 10.5 Å². The molecule has 0 spiro atoms. The fourth-order valence-electron chi connectivity index (χ4n) is 1.46. The Kier molecular flexibility index (Phi) is 4.25. The van der Waals surface area contributed by atoms with E-state index >= 15 is 0 Å². The summed E-state index contributed by atoms with van der Waals surface area (Å²) in [7, 11) is 1.55. The minimum absolute atomic E-state index is 0.0731. The number of nitro groups is 1. The fraction of sp³-hybridized carbons (Fsp3) is 0.455. The van der Waals surface area contributed by atoms with Crippen molar-refractivity contribution < 1.29 is 9.66 Å². The average molecular weight is 224 g/mol. The lowest BCUT2D eigenvalue weighted by atomic mass is 10.0. The molecule has 0 radical (unpaired) electrons. The van der Waals surface area contributed by atoms with Crippen molar-refractivity contribution in [2.75, 3.05) is 7.11 Å². The molecule has 0 amide bonds. The van der Waals surface area contributed by atoms with Crippen molar-refractivity contribution in [3.05, 3.63) is 33.9 Å². The van der Waals surface area contributed by atoms with Crippen LogP contribution in [0.5, 0.6) is 5.75 Å². The van der Waals surface area contributed by atoms with Crippen LogP contribution in [0.3, 0.4) is 0 Å². The topological polar surface area (TPSA) is 78.4 Å². The number of ether oxygens (including phenoxy) is 1. The fourth-order valence-corrected chi connectivity index (χ4v) is 1.46. The van der Waals surface area contributed by atoms with Crippen molar-refractivity contribution in [2.45, 2.75) is 25.8 Å². The van der Waals surface area contributed by atoms with E-state index in [0.29, 0.717) is 12.2 Å². The van der Waals surface area contributed by atoms with Crippen LogP contribution in [0.25, 0.3) is 0 Å². The normalized spacial score (nSPS) is 12.2. The Morgan fingerprint density at radius 1 is 1.56 bits per heavy atom. The van der Waals surface area contributed by atoms with Crippen LogP contribution in [0.2, 0.25) is 0 Å². The Bertz CT molecular complexity index is 377. The summed E-state index contributed by atoms with van der Waals surface area (Å²) >= 11 is 0. The zero-order valence-electron chi connectivity index (χ0n) is 9.47. The van der Waals surface area contributed by atoms with Gasteiger partial charge < -0.3 is 10.5 Å². The molecule has 1 unspecified atom stereocenters. The van der Waals surface area contributed by atoms with Gasteiger partial charge in [-0.25, -0.2) is 0 Å². The molecule has 5 nitrogen and oxygen atoms in total. The highest BCUT2D eigenvalue weighted by molar-refractivity contribution is 5.43. The summed E-state index contributed by atoms with van der Waals surface area (Å²) in [5, 5.41) is 10.6. The molecule has 2 N–H and O–H groups in total. The monoisotopic (exact) mass is 224 g/mol.